The first-order chi connectivity index (χ1) is 8.99. The largest absolute Gasteiger partial charge is 0.466 e. The number of anilines is 1. The maximum atomic E-state index is 10.9. The zero-order valence-corrected chi connectivity index (χ0v) is 11.0. The van der Waals surface area contributed by atoms with E-state index in [9.17, 15) is 10.1 Å². The van der Waals surface area contributed by atoms with Crippen molar-refractivity contribution in [1.82, 2.24) is 4.98 Å². The molecule has 19 heavy (non-hydrogen) atoms. The third-order valence-electron chi connectivity index (χ3n) is 2.88. The molecule has 0 saturated heterocycles. The zero-order valence-electron chi connectivity index (χ0n) is 11.0. The van der Waals surface area contributed by atoms with Crippen LogP contribution < -0.4 is 5.32 Å². The van der Waals surface area contributed by atoms with Crippen LogP contribution in [-0.4, -0.2) is 9.91 Å². The third-order valence-corrected chi connectivity index (χ3v) is 2.88. The fourth-order valence-corrected chi connectivity index (χ4v) is 2.05. The van der Waals surface area contributed by atoms with Crippen molar-refractivity contribution < 1.29 is 9.34 Å². The van der Waals surface area contributed by atoms with Crippen LogP contribution in [0.4, 0.5) is 11.5 Å². The van der Waals surface area contributed by atoms with E-state index >= 15 is 0 Å². The first kappa shape index (κ1) is 13.1. The topological polar surface area (TPSA) is 81.2 Å². The number of furan rings is 1. The van der Waals surface area contributed by atoms with E-state index in [1.807, 2.05) is 26.8 Å². The van der Waals surface area contributed by atoms with E-state index in [-0.39, 0.29) is 11.9 Å². The number of aryl methyl sites for hydroxylation is 2. The second kappa shape index (κ2) is 5.09. The molecular formula is C13H15N3O3. The molecule has 0 aromatic carbocycles. The number of hydrogen-bond donors (Lipinski definition) is 1. The Bertz CT molecular complexity index is 607. The lowest BCUT2D eigenvalue weighted by molar-refractivity contribution is -0.388. The van der Waals surface area contributed by atoms with Crippen LogP contribution in [-0.2, 0) is 0 Å². The van der Waals surface area contributed by atoms with E-state index in [2.05, 4.69) is 10.3 Å². The average Bonchev–Trinajstić information content (AvgIpc) is 2.69. The smallest absolute Gasteiger partial charge is 0.386 e. The van der Waals surface area contributed by atoms with E-state index < -0.39 is 4.92 Å². The Kier molecular flexibility index (Phi) is 3.50. The monoisotopic (exact) mass is 261 g/mol. The molecule has 1 atom stereocenters. The predicted molar refractivity (Wildman–Crippen MR) is 71.1 cm³/mol. The first-order valence-electron chi connectivity index (χ1n) is 5.92. The van der Waals surface area contributed by atoms with Gasteiger partial charge >= 0.3 is 5.82 Å². The molecule has 0 fully saturated rings. The molecule has 0 aliphatic carbocycles. The van der Waals surface area contributed by atoms with Crippen molar-refractivity contribution in [1.29, 1.82) is 0 Å². The molecule has 1 unspecified atom stereocenters. The van der Waals surface area contributed by atoms with Crippen LogP contribution in [0.5, 0.6) is 0 Å². The lowest BCUT2D eigenvalue weighted by atomic mass is 10.1. The van der Waals surface area contributed by atoms with Gasteiger partial charge in [0.05, 0.1) is 6.04 Å². The fourth-order valence-electron chi connectivity index (χ4n) is 2.05. The number of nitrogens with zero attached hydrogens (tertiary/aromatic N) is 2. The highest BCUT2D eigenvalue weighted by Crippen LogP contribution is 2.28. The van der Waals surface area contributed by atoms with Crippen molar-refractivity contribution >= 4 is 11.5 Å². The van der Waals surface area contributed by atoms with Crippen LogP contribution >= 0.6 is 0 Å². The Labute approximate surface area is 110 Å². The molecule has 2 aromatic heterocycles. The van der Waals surface area contributed by atoms with Gasteiger partial charge in [-0.1, -0.05) is 0 Å². The minimum absolute atomic E-state index is 0.0969. The average molecular weight is 261 g/mol. The maximum Gasteiger partial charge on any atom is 0.386 e. The van der Waals surface area contributed by atoms with Crippen LogP contribution in [0.3, 0.4) is 0 Å². The van der Waals surface area contributed by atoms with Crippen molar-refractivity contribution in [3.05, 3.63) is 51.6 Å². The van der Waals surface area contributed by atoms with Gasteiger partial charge in [-0.15, -0.1) is 0 Å². The number of nitro groups is 1. The van der Waals surface area contributed by atoms with Gasteiger partial charge in [0.2, 0.25) is 0 Å². The van der Waals surface area contributed by atoms with E-state index in [0.717, 1.165) is 17.1 Å². The first-order valence-corrected chi connectivity index (χ1v) is 5.92. The molecule has 0 saturated carbocycles. The molecule has 0 aliphatic rings. The molecular weight excluding hydrogens is 246 g/mol. The highest BCUT2D eigenvalue weighted by Gasteiger charge is 2.18. The summed E-state index contributed by atoms with van der Waals surface area (Å²) < 4.78 is 5.46. The van der Waals surface area contributed by atoms with Gasteiger partial charge < -0.3 is 19.8 Å². The van der Waals surface area contributed by atoms with E-state index in [1.165, 1.54) is 6.20 Å². The van der Waals surface area contributed by atoms with Gasteiger partial charge in [-0.2, -0.15) is 0 Å². The lowest BCUT2D eigenvalue weighted by Gasteiger charge is -2.14. The molecule has 2 rings (SSSR count). The highest BCUT2D eigenvalue weighted by atomic mass is 16.6. The van der Waals surface area contributed by atoms with Gasteiger partial charge in [-0.25, -0.2) is 0 Å². The summed E-state index contributed by atoms with van der Waals surface area (Å²) in [7, 11) is 0. The minimum atomic E-state index is -0.497. The summed E-state index contributed by atoms with van der Waals surface area (Å²) in [5, 5.41) is 14.0. The van der Waals surface area contributed by atoms with Crippen LogP contribution in [0.15, 0.2) is 28.8 Å². The minimum Gasteiger partial charge on any atom is -0.466 e. The Morgan fingerprint density at radius 1 is 1.47 bits per heavy atom. The van der Waals surface area contributed by atoms with Gasteiger partial charge in [-0.05, 0) is 48.9 Å². The molecule has 0 aliphatic heterocycles. The van der Waals surface area contributed by atoms with Crippen molar-refractivity contribution in [2.24, 2.45) is 0 Å². The van der Waals surface area contributed by atoms with Crippen LogP contribution in [0.25, 0.3) is 0 Å². The summed E-state index contributed by atoms with van der Waals surface area (Å²) >= 11 is 0. The summed E-state index contributed by atoms with van der Waals surface area (Å²) in [6.07, 6.45) is 1.40. The maximum absolute atomic E-state index is 10.9. The summed E-state index contributed by atoms with van der Waals surface area (Å²) in [4.78, 5) is 14.2. The summed E-state index contributed by atoms with van der Waals surface area (Å²) in [6, 6.07) is 5.13. The standard InChI is InChI=1S/C13H15N3O3/c1-8-7-11(10(3)19-8)9(2)15-12-5-4-6-14-13(12)16(17)18/h4-7,9,15H,1-3H3. The normalized spacial score (nSPS) is 12.2. The molecule has 1 N–H and O–H groups in total. The van der Waals surface area contributed by atoms with Crippen molar-refractivity contribution in [2.75, 3.05) is 5.32 Å². The lowest BCUT2D eigenvalue weighted by Crippen LogP contribution is -2.09. The Hall–Kier alpha value is -2.37. The SMILES string of the molecule is Cc1cc(C(C)Nc2cccnc2[N+](=O)[O-])c(C)o1. The van der Waals surface area contributed by atoms with E-state index in [1.54, 1.807) is 12.1 Å². The van der Waals surface area contributed by atoms with E-state index in [4.69, 9.17) is 4.42 Å². The molecule has 6 nitrogen and oxygen atoms in total. The molecule has 100 valence electrons. The number of rotatable bonds is 4. The quantitative estimate of drug-likeness (QED) is 0.674. The number of aromatic nitrogens is 1. The highest BCUT2D eigenvalue weighted by molar-refractivity contribution is 5.57. The summed E-state index contributed by atoms with van der Waals surface area (Å²) in [6.45, 7) is 5.67. The van der Waals surface area contributed by atoms with Gasteiger partial charge in [0.25, 0.3) is 0 Å². The van der Waals surface area contributed by atoms with Gasteiger partial charge in [0, 0.05) is 5.56 Å². The molecule has 0 amide bonds. The fraction of sp³-hybridized carbons (Fsp3) is 0.308. The van der Waals surface area contributed by atoms with Crippen molar-refractivity contribution in [3.8, 4) is 0 Å². The molecule has 0 spiro atoms. The Morgan fingerprint density at radius 2 is 2.21 bits per heavy atom. The predicted octanol–water partition coefficient (Wildman–Crippen LogP) is 3.37. The number of nitrogens with one attached hydrogen (secondary N) is 1. The third kappa shape index (κ3) is 2.73. The van der Waals surface area contributed by atoms with Crippen molar-refractivity contribution in [3.63, 3.8) is 0 Å². The molecule has 0 bridgehead atoms. The summed E-state index contributed by atoms with van der Waals surface area (Å²) in [5.41, 5.74) is 1.38. The van der Waals surface area contributed by atoms with Crippen molar-refractivity contribution in [2.45, 2.75) is 26.8 Å². The van der Waals surface area contributed by atoms with Crippen LogP contribution in [0.1, 0.15) is 30.0 Å². The van der Waals surface area contributed by atoms with Crippen LogP contribution in [0.2, 0.25) is 0 Å². The van der Waals surface area contributed by atoms with E-state index in [0.29, 0.717) is 5.69 Å². The Balaban J connectivity index is 2.26. The molecule has 2 heterocycles. The van der Waals surface area contributed by atoms with Gasteiger partial charge in [0.1, 0.15) is 23.4 Å². The molecule has 0 radical (unpaired) electrons. The molecule has 6 heteroatoms. The second-order valence-corrected chi connectivity index (χ2v) is 4.37. The van der Waals surface area contributed by atoms with Gasteiger partial charge in [0.15, 0.2) is 0 Å². The van der Waals surface area contributed by atoms with Gasteiger partial charge in [-0.3, -0.25) is 0 Å². The molecule has 2 aromatic rings. The zero-order chi connectivity index (χ0) is 14.0. The number of hydrogen-bond acceptors (Lipinski definition) is 5. The number of pyridine rings is 1. The second-order valence-electron chi connectivity index (χ2n) is 4.37. The Morgan fingerprint density at radius 3 is 2.79 bits per heavy atom. The summed E-state index contributed by atoms with van der Waals surface area (Å²) in [5.74, 6) is 1.46. The van der Waals surface area contributed by atoms with Crippen LogP contribution in [0, 0.1) is 24.0 Å².